The zero-order chi connectivity index (χ0) is 25.4. The van der Waals surface area contributed by atoms with Crippen LogP contribution in [0.1, 0.15) is 44.8 Å². The molecule has 0 bridgehead atoms. The number of imide groups is 1. The van der Waals surface area contributed by atoms with Crippen LogP contribution in [0.25, 0.3) is 0 Å². The molecule has 2 atom stereocenters. The van der Waals surface area contributed by atoms with Gasteiger partial charge in [-0.05, 0) is 55.0 Å². The number of hydrogen-bond acceptors (Lipinski definition) is 5. The van der Waals surface area contributed by atoms with Gasteiger partial charge in [-0.1, -0.05) is 47.5 Å². The van der Waals surface area contributed by atoms with Gasteiger partial charge in [0.25, 0.3) is 11.8 Å². The first kappa shape index (κ1) is 24.3. The summed E-state index contributed by atoms with van der Waals surface area (Å²) < 4.78 is 0. The standard InChI is InChI=1S/C28H24Cl2N4O2/c1-18(34-27(35)22-4-2-3-5-23(22)28(34)36)16-32-12-13-33(25-11-6-19(15-31)14-24(25)30)26(17-32)20-7-9-21(29)10-8-20/h2-11,14,18,26H,12-13,16-17H2,1H3/t18-,26-/m0/s1. The number of nitrogens with zero attached hydrogens (tertiary/aromatic N) is 4. The Morgan fingerprint density at radius 3 is 2.25 bits per heavy atom. The molecule has 182 valence electrons. The number of amides is 2. The Labute approximate surface area is 220 Å². The molecule has 2 heterocycles. The number of rotatable bonds is 5. The maximum Gasteiger partial charge on any atom is 0.261 e. The normalized spacial score (nSPS) is 18.8. The van der Waals surface area contributed by atoms with E-state index < -0.39 is 0 Å². The average molecular weight is 519 g/mol. The third-order valence-corrected chi connectivity index (χ3v) is 7.45. The van der Waals surface area contributed by atoms with Crippen LogP contribution in [-0.4, -0.2) is 53.8 Å². The fourth-order valence-corrected chi connectivity index (χ4v) is 5.55. The van der Waals surface area contributed by atoms with Crippen LogP contribution >= 0.6 is 23.2 Å². The lowest BCUT2D eigenvalue weighted by atomic mass is 10.0. The lowest BCUT2D eigenvalue weighted by molar-refractivity contribution is 0.0551. The Morgan fingerprint density at radius 2 is 1.64 bits per heavy atom. The summed E-state index contributed by atoms with van der Waals surface area (Å²) in [7, 11) is 0. The minimum Gasteiger partial charge on any atom is -0.361 e. The summed E-state index contributed by atoms with van der Waals surface area (Å²) in [5.41, 5.74) is 3.39. The number of piperazine rings is 1. The minimum atomic E-state index is -0.284. The molecule has 5 rings (SSSR count). The second-order valence-electron chi connectivity index (χ2n) is 9.17. The first-order valence-electron chi connectivity index (χ1n) is 11.8. The number of anilines is 1. The average Bonchev–Trinajstić information content (AvgIpc) is 3.14. The molecule has 3 aromatic carbocycles. The molecule has 0 aromatic heterocycles. The highest BCUT2D eigenvalue weighted by Crippen LogP contribution is 2.36. The number of carbonyl (C=O) groups is 2. The fraction of sp³-hybridized carbons (Fsp3) is 0.250. The summed E-state index contributed by atoms with van der Waals surface area (Å²) in [6.45, 7) is 4.57. The Kier molecular flexibility index (Phi) is 6.72. The quantitative estimate of drug-likeness (QED) is 0.422. The molecule has 0 saturated carbocycles. The lowest BCUT2D eigenvalue weighted by Crippen LogP contribution is -2.53. The molecule has 3 aromatic rings. The van der Waals surface area contributed by atoms with Crippen molar-refractivity contribution in [3.63, 3.8) is 0 Å². The minimum absolute atomic E-state index is 0.0316. The van der Waals surface area contributed by atoms with Crippen molar-refractivity contribution >= 4 is 40.7 Å². The summed E-state index contributed by atoms with van der Waals surface area (Å²) in [4.78, 5) is 31.8. The van der Waals surface area contributed by atoms with Gasteiger partial charge in [0.2, 0.25) is 0 Å². The number of fused-ring (bicyclic) bond motifs is 1. The highest BCUT2D eigenvalue weighted by Gasteiger charge is 2.39. The number of nitriles is 1. The van der Waals surface area contributed by atoms with Gasteiger partial charge < -0.3 is 4.90 Å². The smallest absolute Gasteiger partial charge is 0.261 e. The second kappa shape index (κ2) is 9.94. The first-order chi connectivity index (χ1) is 17.4. The largest absolute Gasteiger partial charge is 0.361 e. The van der Waals surface area contributed by atoms with E-state index in [0.29, 0.717) is 46.4 Å². The van der Waals surface area contributed by atoms with Gasteiger partial charge in [0.1, 0.15) is 0 Å². The molecule has 2 amide bonds. The van der Waals surface area contributed by atoms with Crippen LogP contribution in [0.3, 0.4) is 0 Å². The van der Waals surface area contributed by atoms with Crippen LogP contribution in [0.15, 0.2) is 66.7 Å². The van der Waals surface area contributed by atoms with Crippen molar-refractivity contribution in [2.45, 2.75) is 19.0 Å². The molecular weight excluding hydrogens is 495 g/mol. The van der Waals surface area contributed by atoms with Crippen LogP contribution in [-0.2, 0) is 0 Å². The summed E-state index contributed by atoms with van der Waals surface area (Å²) in [6, 6.07) is 21.9. The SMILES string of the molecule is C[C@@H](CN1CCN(c2ccc(C#N)cc2Cl)[C@H](c2ccc(Cl)cc2)C1)N1C(=O)c2ccccc2C1=O. The first-order valence-corrected chi connectivity index (χ1v) is 12.5. The van der Waals surface area contributed by atoms with E-state index in [9.17, 15) is 14.9 Å². The van der Waals surface area contributed by atoms with Crippen molar-refractivity contribution in [1.82, 2.24) is 9.80 Å². The molecule has 6 nitrogen and oxygen atoms in total. The van der Waals surface area contributed by atoms with Crippen molar-refractivity contribution in [2.75, 3.05) is 31.1 Å². The van der Waals surface area contributed by atoms with Gasteiger partial charge in [0.15, 0.2) is 0 Å². The van der Waals surface area contributed by atoms with Crippen LogP contribution in [0, 0.1) is 11.3 Å². The predicted octanol–water partition coefficient (Wildman–Crippen LogP) is 5.41. The van der Waals surface area contributed by atoms with Gasteiger partial charge in [-0.15, -0.1) is 0 Å². The van der Waals surface area contributed by atoms with Gasteiger partial charge in [-0.2, -0.15) is 5.26 Å². The summed E-state index contributed by atoms with van der Waals surface area (Å²) in [6.07, 6.45) is 0. The fourth-order valence-electron chi connectivity index (χ4n) is 5.14. The Morgan fingerprint density at radius 1 is 0.972 bits per heavy atom. The van der Waals surface area contributed by atoms with Gasteiger partial charge >= 0.3 is 0 Å². The monoisotopic (exact) mass is 518 g/mol. The summed E-state index contributed by atoms with van der Waals surface area (Å²) >= 11 is 12.7. The molecule has 0 aliphatic carbocycles. The third-order valence-electron chi connectivity index (χ3n) is 6.89. The summed E-state index contributed by atoms with van der Waals surface area (Å²) in [5.74, 6) is -0.472. The maximum atomic E-state index is 13.0. The second-order valence-corrected chi connectivity index (χ2v) is 10.0. The van der Waals surface area contributed by atoms with Gasteiger partial charge in [0, 0.05) is 31.2 Å². The molecule has 0 unspecified atom stereocenters. The predicted molar refractivity (Wildman–Crippen MR) is 141 cm³/mol. The molecule has 8 heteroatoms. The summed E-state index contributed by atoms with van der Waals surface area (Å²) in [5, 5.41) is 10.4. The van der Waals surface area contributed by atoms with Crippen molar-refractivity contribution in [1.29, 1.82) is 5.26 Å². The van der Waals surface area contributed by atoms with E-state index in [0.717, 1.165) is 17.8 Å². The van der Waals surface area contributed by atoms with Gasteiger partial charge in [-0.25, -0.2) is 0 Å². The lowest BCUT2D eigenvalue weighted by Gasteiger charge is -2.44. The Hall–Kier alpha value is -3.37. The van der Waals surface area contributed by atoms with Gasteiger partial charge in [0.05, 0.1) is 45.6 Å². The number of carbonyl (C=O) groups excluding carboxylic acids is 2. The van der Waals surface area contributed by atoms with Crippen molar-refractivity contribution in [3.8, 4) is 6.07 Å². The Bertz CT molecular complexity index is 1330. The van der Waals surface area contributed by atoms with E-state index in [1.165, 1.54) is 4.90 Å². The zero-order valence-electron chi connectivity index (χ0n) is 19.7. The van der Waals surface area contributed by atoms with Crippen LogP contribution in [0.4, 0.5) is 5.69 Å². The maximum absolute atomic E-state index is 13.0. The molecule has 0 spiro atoms. The third kappa shape index (κ3) is 4.46. The van der Waals surface area contributed by atoms with E-state index in [1.807, 2.05) is 37.3 Å². The van der Waals surface area contributed by atoms with Crippen LogP contribution < -0.4 is 4.90 Å². The molecule has 0 radical (unpaired) electrons. The molecule has 1 fully saturated rings. The molecule has 0 N–H and O–H groups in total. The molecular formula is C28H24Cl2N4O2. The van der Waals surface area contributed by atoms with Crippen molar-refractivity contribution in [3.05, 3.63) is 99.0 Å². The van der Waals surface area contributed by atoms with E-state index in [-0.39, 0.29) is 23.9 Å². The van der Waals surface area contributed by atoms with Crippen molar-refractivity contribution < 1.29 is 9.59 Å². The molecule has 36 heavy (non-hydrogen) atoms. The molecule has 2 aliphatic heterocycles. The van der Waals surface area contributed by atoms with Crippen LogP contribution in [0.2, 0.25) is 10.0 Å². The number of halogens is 2. The van der Waals surface area contributed by atoms with E-state index in [1.54, 1.807) is 36.4 Å². The number of hydrogen-bond donors (Lipinski definition) is 0. The van der Waals surface area contributed by atoms with Gasteiger partial charge in [-0.3, -0.25) is 19.4 Å². The molecule has 1 saturated heterocycles. The Balaban J connectivity index is 1.38. The number of benzene rings is 3. The van der Waals surface area contributed by atoms with Crippen LogP contribution in [0.5, 0.6) is 0 Å². The van der Waals surface area contributed by atoms with E-state index >= 15 is 0 Å². The topological polar surface area (TPSA) is 67.7 Å². The molecule has 2 aliphatic rings. The van der Waals surface area contributed by atoms with E-state index in [4.69, 9.17) is 23.2 Å². The van der Waals surface area contributed by atoms with Crippen molar-refractivity contribution in [2.24, 2.45) is 0 Å². The highest BCUT2D eigenvalue weighted by atomic mass is 35.5. The zero-order valence-corrected chi connectivity index (χ0v) is 21.2. The van der Waals surface area contributed by atoms with E-state index in [2.05, 4.69) is 15.9 Å². The highest BCUT2D eigenvalue weighted by molar-refractivity contribution is 6.33.